The molecule has 0 amide bonds. The van der Waals surface area contributed by atoms with Gasteiger partial charge in [0.2, 0.25) is 0 Å². The monoisotopic (exact) mass is 288 g/mol. The summed E-state index contributed by atoms with van der Waals surface area (Å²) in [5.74, 6) is -2.33. The van der Waals surface area contributed by atoms with E-state index in [2.05, 4.69) is 4.74 Å². The molecule has 0 aliphatic heterocycles. The van der Waals surface area contributed by atoms with Crippen LogP contribution in [-0.4, -0.2) is 49.4 Å². The average molecular weight is 288 g/mol. The highest BCUT2D eigenvalue weighted by Crippen LogP contribution is 2.16. The molecule has 0 radical (unpaired) electrons. The molecule has 0 unspecified atom stereocenters. The van der Waals surface area contributed by atoms with Crippen molar-refractivity contribution in [3.05, 3.63) is 11.1 Å². The molecule has 0 bridgehead atoms. The van der Waals surface area contributed by atoms with E-state index in [-0.39, 0.29) is 24.4 Å². The number of carbonyl (C=O) groups excluding carboxylic acids is 3. The molecular formula is C13H20O7. The Hall–Kier alpha value is -1.89. The van der Waals surface area contributed by atoms with Crippen molar-refractivity contribution in [2.45, 2.75) is 33.3 Å². The summed E-state index contributed by atoms with van der Waals surface area (Å²) in [7, 11) is 1.15. The van der Waals surface area contributed by atoms with Gasteiger partial charge in [-0.2, -0.15) is 0 Å². The zero-order valence-corrected chi connectivity index (χ0v) is 12.1. The Kier molecular flexibility index (Phi) is 8.23. The maximum atomic E-state index is 11.8. The number of rotatable bonds is 7. The van der Waals surface area contributed by atoms with E-state index in [0.717, 1.165) is 7.11 Å². The Bertz CT molecular complexity index is 398. The molecule has 0 aromatic carbocycles. The number of aliphatic hydroxyl groups is 1. The van der Waals surface area contributed by atoms with Gasteiger partial charge in [0.1, 0.15) is 0 Å². The van der Waals surface area contributed by atoms with Gasteiger partial charge in [0.25, 0.3) is 0 Å². The van der Waals surface area contributed by atoms with Crippen molar-refractivity contribution in [2.24, 2.45) is 0 Å². The predicted molar refractivity (Wildman–Crippen MR) is 68.6 cm³/mol. The van der Waals surface area contributed by atoms with Crippen molar-refractivity contribution < 1.29 is 33.7 Å². The highest BCUT2D eigenvalue weighted by Gasteiger charge is 2.28. The number of esters is 3. The fourth-order valence-corrected chi connectivity index (χ4v) is 1.44. The second-order valence-corrected chi connectivity index (χ2v) is 3.78. The molecule has 0 rings (SSSR count). The molecule has 0 spiro atoms. The van der Waals surface area contributed by atoms with Gasteiger partial charge in [0, 0.05) is 5.57 Å². The molecule has 114 valence electrons. The van der Waals surface area contributed by atoms with Gasteiger partial charge in [0.05, 0.1) is 38.4 Å². The van der Waals surface area contributed by atoms with Crippen LogP contribution in [0.15, 0.2) is 11.1 Å². The molecule has 0 aromatic rings. The summed E-state index contributed by atoms with van der Waals surface area (Å²) in [6.45, 7) is 4.72. The van der Waals surface area contributed by atoms with E-state index >= 15 is 0 Å². The molecule has 0 saturated carbocycles. The van der Waals surface area contributed by atoms with E-state index in [1.807, 2.05) is 0 Å². The zero-order valence-electron chi connectivity index (χ0n) is 12.1. The number of methoxy groups -OCH3 is 1. The lowest BCUT2D eigenvalue weighted by molar-refractivity contribution is -0.145. The summed E-state index contributed by atoms with van der Waals surface area (Å²) in [6.07, 6.45) is -1.95. The lowest BCUT2D eigenvalue weighted by Crippen LogP contribution is -2.27. The van der Waals surface area contributed by atoms with Gasteiger partial charge >= 0.3 is 17.9 Å². The Balaban J connectivity index is 5.36. The molecule has 0 heterocycles. The minimum atomic E-state index is -1.49. The van der Waals surface area contributed by atoms with Crippen molar-refractivity contribution in [3.63, 3.8) is 0 Å². The second kappa shape index (κ2) is 9.08. The van der Waals surface area contributed by atoms with Crippen LogP contribution in [0.3, 0.4) is 0 Å². The first-order valence-electron chi connectivity index (χ1n) is 6.18. The van der Waals surface area contributed by atoms with Gasteiger partial charge in [-0.3, -0.25) is 4.79 Å². The predicted octanol–water partition coefficient (Wildman–Crippen LogP) is 0.353. The van der Waals surface area contributed by atoms with Crippen LogP contribution in [0.2, 0.25) is 0 Å². The van der Waals surface area contributed by atoms with Crippen LogP contribution in [0.25, 0.3) is 0 Å². The number of hydrogen-bond donors (Lipinski definition) is 1. The SMILES string of the molecule is CCOC(=O)/C(C)=C(\C(=O)OCC)[C@H](O)CC(=O)OC. The fourth-order valence-electron chi connectivity index (χ4n) is 1.44. The van der Waals surface area contributed by atoms with Gasteiger partial charge in [-0.05, 0) is 20.8 Å². The average Bonchev–Trinajstić information content (AvgIpc) is 2.39. The molecule has 1 atom stereocenters. The van der Waals surface area contributed by atoms with Crippen LogP contribution in [0.1, 0.15) is 27.2 Å². The molecule has 0 saturated heterocycles. The second-order valence-electron chi connectivity index (χ2n) is 3.78. The quantitative estimate of drug-likeness (QED) is 0.410. The van der Waals surface area contributed by atoms with Crippen molar-refractivity contribution in [3.8, 4) is 0 Å². The summed E-state index contributed by atoms with van der Waals surface area (Å²) in [5.41, 5.74) is -0.391. The minimum Gasteiger partial charge on any atom is -0.469 e. The zero-order chi connectivity index (χ0) is 15.7. The first kappa shape index (κ1) is 18.1. The Morgan fingerprint density at radius 1 is 1.05 bits per heavy atom. The molecule has 0 aliphatic carbocycles. The number of hydrogen-bond acceptors (Lipinski definition) is 7. The fraction of sp³-hybridized carbons (Fsp3) is 0.615. The Morgan fingerprint density at radius 2 is 1.55 bits per heavy atom. The van der Waals surface area contributed by atoms with Crippen LogP contribution >= 0.6 is 0 Å². The molecule has 7 heteroatoms. The van der Waals surface area contributed by atoms with Crippen LogP contribution in [0.5, 0.6) is 0 Å². The van der Waals surface area contributed by atoms with E-state index < -0.39 is 30.4 Å². The van der Waals surface area contributed by atoms with Crippen molar-refractivity contribution >= 4 is 17.9 Å². The van der Waals surface area contributed by atoms with Gasteiger partial charge in [0.15, 0.2) is 0 Å². The highest BCUT2D eigenvalue weighted by atomic mass is 16.5. The van der Waals surface area contributed by atoms with Crippen molar-refractivity contribution in [1.82, 2.24) is 0 Å². The lowest BCUT2D eigenvalue weighted by atomic mass is 10.0. The molecule has 7 nitrogen and oxygen atoms in total. The standard InChI is InChI=1S/C13H20O7/c1-5-19-12(16)8(3)11(13(17)20-6-2)9(14)7-10(15)18-4/h9,14H,5-7H2,1-4H3/b11-8-/t9-/m1/s1. The van der Waals surface area contributed by atoms with Crippen LogP contribution in [0.4, 0.5) is 0 Å². The van der Waals surface area contributed by atoms with Crippen LogP contribution < -0.4 is 0 Å². The summed E-state index contributed by atoms with van der Waals surface area (Å²) in [4.78, 5) is 34.6. The topological polar surface area (TPSA) is 99.1 Å². The van der Waals surface area contributed by atoms with Gasteiger partial charge in [-0.25, -0.2) is 9.59 Å². The summed E-state index contributed by atoms with van der Waals surface area (Å²) >= 11 is 0. The summed E-state index contributed by atoms with van der Waals surface area (Å²) in [5, 5.41) is 9.93. The Morgan fingerprint density at radius 3 is 2.00 bits per heavy atom. The summed E-state index contributed by atoms with van der Waals surface area (Å²) < 4.78 is 13.9. The lowest BCUT2D eigenvalue weighted by Gasteiger charge is -2.15. The van der Waals surface area contributed by atoms with Crippen molar-refractivity contribution in [2.75, 3.05) is 20.3 Å². The maximum absolute atomic E-state index is 11.8. The Labute approximate surface area is 117 Å². The van der Waals surface area contributed by atoms with E-state index in [0.29, 0.717) is 0 Å². The minimum absolute atomic E-state index is 0.0728. The smallest absolute Gasteiger partial charge is 0.337 e. The third-order valence-electron chi connectivity index (χ3n) is 2.40. The third kappa shape index (κ3) is 5.40. The van der Waals surface area contributed by atoms with Gasteiger partial charge in [-0.1, -0.05) is 0 Å². The van der Waals surface area contributed by atoms with E-state index in [1.165, 1.54) is 6.92 Å². The van der Waals surface area contributed by atoms with Gasteiger partial charge < -0.3 is 19.3 Å². The normalized spacial score (nSPS) is 13.1. The highest BCUT2D eigenvalue weighted by molar-refractivity contribution is 6.01. The largest absolute Gasteiger partial charge is 0.469 e. The molecule has 0 fully saturated rings. The van der Waals surface area contributed by atoms with Crippen LogP contribution in [-0.2, 0) is 28.6 Å². The van der Waals surface area contributed by atoms with Crippen LogP contribution in [0, 0.1) is 0 Å². The van der Waals surface area contributed by atoms with E-state index in [1.54, 1.807) is 13.8 Å². The third-order valence-corrected chi connectivity index (χ3v) is 2.40. The number of carbonyl (C=O) groups is 3. The first-order valence-corrected chi connectivity index (χ1v) is 6.18. The molecule has 20 heavy (non-hydrogen) atoms. The van der Waals surface area contributed by atoms with Gasteiger partial charge in [-0.15, -0.1) is 0 Å². The molecular weight excluding hydrogens is 268 g/mol. The van der Waals surface area contributed by atoms with Crippen molar-refractivity contribution in [1.29, 1.82) is 0 Å². The molecule has 0 aliphatic rings. The number of ether oxygens (including phenoxy) is 3. The first-order chi connectivity index (χ1) is 9.38. The van der Waals surface area contributed by atoms with E-state index in [9.17, 15) is 19.5 Å². The summed E-state index contributed by atoms with van der Waals surface area (Å²) in [6, 6.07) is 0. The molecule has 1 N–H and O–H groups in total. The number of aliphatic hydroxyl groups excluding tert-OH is 1. The molecule has 0 aromatic heterocycles. The maximum Gasteiger partial charge on any atom is 0.337 e. The van der Waals surface area contributed by atoms with E-state index in [4.69, 9.17) is 9.47 Å².